The van der Waals surface area contributed by atoms with E-state index < -0.39 is 11.6 Å². The molecule has 0 aliphatic rings. The lowest BCUT2D eigenvalue weighted by Crippen LogP contribution is -2.46. The minimum Gasteiger partial charge on any atom is -0.507 e. The number of aromatic hydroxyl groups is 1. The molecule has 0 fully saturated rings. The molecule has 2 aromatic carbocycles. The Bertz CT molecular complexity index is 1520. The molecule has 38 heavy (non-hydrogen) atoms. The van der Waals surface area contributed by atoms with E-state index in [2.05, 4.69) is 21.7 Å². The van der Waals surface area contributed by atoms with Crippen molar-refractivity contribution < 1.29 is 19.4 Å². The molecule has 0 bridgehead atoms. The van der Waals surface area contributed by atoms with Crippen molar-refractivity contribution in [1.82, 2.24) is 4.98 Å². The number of aldehydes is 1. The molecular weight excluding hydrogens is 526 g/mol. The van der Waals surface area contributed by atoms with Crippen molar-refractivity contribution in [2.75, 3.05) is 17.7 Å². The van der Waals surface area contributed by atoms with Gasteiger partial charge in [-0.15, -0.1) is 23.7 Å². The summed E-state index contributed by atoms with van der Waals surface area (Å²) in [5, 5.41) is 28.1. The fourth-order valence-electron chi connectivity index (χ4n) is 3.64. The number of anilines is 2. The lowest BCUT2D eigenvalue weighted by Gasteiger charge is -2.21. The van der Waals surface area contributed by atoms with E-state index in [-0.39, 0.29) is 29.5 Å². The zero-order valence-electron chi connectivity index (χ0n) is 20.4. The fourth-order valence-corrected chi connectivity index (χ4v) is 4.26. The Hall–Kier alpha value is -4.43. The molecule has 0 spiro atoms. The van der Waals surface area contributed by atoms with Crippen molar-refractivity contribution in [3.05, 3.63) is 76.5 Å². The number of pyridine rings is 1. The van der Waals surface area contributed by atoms with Gasteiger partial charge in [0.2, 0.25) is 0 Å². The van der Waals surface area contributed by atoms with E-state index in [0.29, 0.717) is 45.0 Å². The molecule has 0 aliphatic heterocycles. The number of amides is 1. The molecular formula is C27H24ClN5O4S. The number of hydrogen-bond acceptors (Lipinski definition) is 9. The van der Waals surface area contributed by atoms with E-state index in [9.17, 15) is 20.0 Å². The van der Waals surface area contributed by atoms with E-state index in [4.69, 9.17) is 10.5 Å². The number of aromatic nitrogens is 1. The molecule has 4 aromatic rings. The summed E-state index contributed by atoms with van der Waals surface area (Å²) in [6.45, 7) is 1.53. The lowest BCUT2D eigenvalue weighted by atomic mass is 9.97. The van der Waals surface area contributed by atoms with E-state index in [1.807, 2.05) is 0 Å². The summed E-state index contributed by atoms with van der Waals surface area (Å²) >= 11 is 1.25. The Morgan fingerprint density at radius 2 is 1.97 bits per heavy atom. The maximum atomic E-state index is 12.9. The van der Waals surface area contributed by atoms with Crippen LogP contribution < -0.4 is 21.1 Å². The molecule has 0 radical (unpaired) electrons. The van der Waals surface area contributed by atoms with Gasteiger partial charge in [-0.25, -0.2) is 4.98 Å². The first-order valence-corrected chi connectivity index (χ1v) is 11.9. The smallest absolute Gasteiger partial charge is 0.266 e. The summed E-state index contributed by atoms with van der Waals surface area (Å²) < 4.78 is 5.30. The van der Waals surface area contributed by atoms with Gasteiger partial charge in [0, 0.05) is 16.8 Å². The summed E-state index contributed by atoms with van der Waals surface area (Å²) in [6, 6.07) is 18.9. The highest BCUT2D eigenvalue weighted by Gasteiger charge is 2.21. The van der Waals surface area contributed by atoms with Gasteiger partial charge >= 0.3 is 0 Å². The predicted molar refractivity (Wildman–Crippen MR) is 150 cm³/mol. The van der Waals surface area contributed by atoms with Crippen molar-refractivity contribution in [2.24, 2.45) is 5.73 Å². The first-order chi connectivity index (χ1) is 17.7. The maximum Gasteiger partial charge on any atom is 0.266 e. The van der Waals surface area contributed by atoms with Crippen LogP contribution in [-0.4, -0.2) is 35.1 Å². The number of benzene rings is 2. The van der Waals surface area contributed by atoms with Crippen LogP contribution in [0, 0.1) is 11.3 Å². The molecule has 194 valence electrons. The van der Waals surface area contributed by atoms with Crippen LogP contribution in [0.25, 0.3) is 22.4 Å². The van der Waals surface area contributed by atoms with Gasteiger partial charge in [-0.2, -0.15) is 5.26 Å². The third kappa shape index (κ3) is 6.10. The van der Waals surface area contributed by atoms with Crippen LogP contribution in [0.15, 0.2) is 66.0 Å². The van der Waals surface area contributed by atoms with Gasteiger partial charge in [-0.05, 0) is 60.3 Å². The zero-order valence-corrected chi connectivity index (χ0v) is 22.0. The highest BCUT2D eigenvalue weighted by Crippen LogP contribution is 2.38. The number of halogens is 1. The Labute approximate surface area is 229 Å². The van der Waals surface area contributed by atoms with E-state index in [1.54, 1.807) is 60.0 Å². The average molecular weight is 550 g/mol. The Kier molecular flexibility index (Phi) is 8.70. The molecule has 5 N–H and O–H groups in total. The number of ether oxygens (including phenoxy) is 1. The van der Waals surface area contributed by atoms with Gasteiger partial charge in [0.15, 0.2) is 12.1 Å². The van der Waals surface area contributed by atoms with Crippen LogP contribution in [0.3, 0.4) is 0 Å². The molecule has 2 aromatic heterocycles. The first kappa shape index (κ1) is 28.1. The topological polar surface area (TPSA) is 150 Å². The summed E-state index contributed by atoms with van der Waals surface area (Å²) in [7, 11) is 1.50. The summed E-state index contributed by atoms with van der Waals surface area (Å²) in [5.74, 6) is 0.0505. The average Bonchev–Trinajstić information content (AvgIpc) is 3.44. The lowest BCUT2D eigenvalue weighted by molar-refractivity contribution is -0.111. The van der Waals surface area contributed by atoms with Crippen LogP contribution >= 0.6 is 23.7 Å². The van der Waals surface area contributed by atoms with Gasteiger partial charge in [0.1, 0.15) is 28.8 Å². The highest BCUT2D eigenvalue weighted by atomic mass is 35.5. The Morgan fingerprint density at radius 3 is 2.63 bits per heavy atom. The van der Waals surface area contributed by atoms with Crippen molar-refractivity contribution in [1.29, 1.82) is 5.26 Å². The molecule has 0 aliphatic carbocycles. The summed E-state index contributed by atoms with van der Waals surface area (Å²) in [5.41, 5.74) is 7.01. The minimum absolute atomic E-state index is 0. The number of methoxy groups -OCH3 is 1. The third-order valence-corrected chi connectivity index (χ3v) is 6.29. The number of rotatable bonds is 8. The van der Waals surface area contributed by atoms with Gasteiger partial charge in [-0.3, -0.25) is 9.59 Å². The second-order valence-electron chi connectivity index (χ2n) is 8.31. The monoisotopic (exact) mass is 549 g/mol. The second kappa shape index (κ2) is 11.7. The van der Waals surface area contributed by atoms with Crippen LogP contribution in [0.5, 0.6) is 11.5 Å². The van der Waals surface area contributed by atoms with Gasteiger partial charge in [0.05, 0.1) is 17.7 Å². The third-order valence-electron chi connectivity index (χ3n) is 5.42. The van der Waals surface area contributed by atoms with Crippen LogP contribution in [0.2, 0.25) is 0 Å². The number of phenols is 1. The fraction of sp³-hybridized carbons (Fsp3) is 0.111. The minimum atomic E-state index is -1.30. The highest BCUT2D eigenvalue weighted by molar-refractivity contribution is 7.12. The number of nitrogens with zero attached hydrogens (tertiary/aromatic N) is 2. The van der Waals surface area contributed by atoms with Gasteiger partial charge in [-0.1, -0.05) is 18.2 Å². The standard InChI is InChI=1S/C27H23N5O4S.ClH/c1-27(29,15-33)32-17-6-3-5-16(11-17)19-13-22(20-12-18(36-2)8-9-23(20)34)30-25(21(19)14-28)31-26(35)24-7-4-10-37-24;/h3-13,15,32,34H,29H2,1-2H3,(H,30,31,35);1H/t27-;/m0./s1. The Balaban J connectivity index is 0.00000400. The predicted octanol–water partition coefficient (Wildman–Crippen LogP) is 5.02. The molecule has 0 unspecified atom stereocenters. The molecule has 2 heterocycles. The first-order valence-electron chi connectivity index (χ1n) is 11.1. The molecule has 1 atom stereocenters. The molecule has 11 heteroatoms. The normalized spacial score (nSPS) is 11.8. The number of carbonyl (C=O) groups excluding carboxylic acids is 2. The van der Waals surface area contributed by atoms with E-state index in [1.165, 1.54) is 31.4 Å². The van der Waals surface area contributed by atoms with Gasteiger partial charge < -0.3 is 26.2 Å². The van der Waals surface area contributed by atoms with Crippen molar-refractivity contribution in [3.63, 3.8) is 0 Å². The number of nitrogens with one attached hydrogen (secondary N) is 2. The zero-order chi connectivity index (χ0) is 26.6. The number of thiophene rings is 1. The van der Waals surface area contributed by atoms with Crippen LogP contribution in [0.4, 0.5) is 11.5 Å². The molecule has 1 amide bonds. The van der Waals surface area contributed by atoms with Crippen molar-refractivity contribution in [2.45, 2.75) is 12.6 Å². The summed E-state index contributed by atoms with van der Waals surface area (Å²) in [4.78, 5) is 29.2. The van der Waals surface area contributed by atoms with Crippen molar-refractivity contribution >= 4 is 47.4 Å². The quantitative estimate of drug-likeness (QED) is 0.177. The molecule has 4 rings (SSSR count). The van der Waals surface area contributed by atoms with Crippen LogP contribution in [0.1, 0.15) is 22.2 Å². The largest absolute Gasteiger partial charge is 0.507 e. The Morgan fingerprint density at radius 1 is 1.18 bits per heavy atom. The van der Waals surface area contributed by atoms with Crippen LogP contribution in [-0.2, 0) is 4.79 Å². The van der Waals surface area contributed by atoms with Crippen molar-refractivity contribution in [3.8, 4) is 40.0 Å². The number of nitrogens with two attached hydrogens (primary N) is 1. The molecule has 0 saturated carbocycles. The maximum absolute atomic E-state index is 12.9. The summed E-state index contributed by atoms with van der Waals surface area (Å²) in [6.07, 6.45) is 0.592. The second-order valence-corrected chi connectivity index (χ2v) is 9.26. The van der Waals surface area contributed by atoms with E-state index in [0.717, 1.165) is 0 Å². The number of carbonyl (C=O) groups is 2. The van der Waals surface area contributed by atoms with Gasteiger partial charge in [0.25, 0.3) is 5.91 Å². The SMILES string of the molecule is COc1ccc(O)c(-c2cc(-c3cccc(N[C@](C)(N)C=O)c3)c(C#N)c(NC(=O)c3cccs3)n2)c1.Cl. The molecule has 9 nitrogen and oxygen atoms in total. The number of phenolic OH excluding ortho intramolecular Hbond substituents is 1. The molecule has 0 saturated heterocycles. The van der Waals surface area contributed by atoms with E-state index >= 15 is 0 Å². The number of hydrogen-bond donors (Lipinski definition) is 4. The number of nitriles is 1.